The van der Waals surface area contributed by atoms with Crippen molar-refractivity contribution in [3.8, 4) is 5.75 Å². The molecule has 3 aromatic carbocycles. The molecule has 0 radical (unpaired) electrons. The Kier molecular flexibility index (Phi) is 10.8. The van der Waals surface area contributed by atoms with E-state index in [4.69, 9.17) is 9.47 Å². The number of phenols is 1. The molecule has 252 valence electrons. The molecule has 0 spiro atoms. The standard InChI is InChI=1S/C34H38F3N3O7/c1-39(19-29(43)23-5-3-8-26(42)16-23)18-27-17-30(22-12-10-21(20-41)11-13-22)47-32(46-27)24-6-2-7-25(15-24)38-31(44)28-9-4-14-40(28)33(45)34(35,36)37/h2-3,5-8,10-13,15-16,27-30,32,41-43H,4,9,14,17-20H2,1H3,(H,38,44). The van der Waals surface area contributed by atoms with E-state index in [0.717, 1.165) is 11.1 Å². The largest absolute Gasteiger partial charge is 0.508 e. The van der Waals surface area contributed by atoms with E-state index in [1.165, 1.54) is 12.1 Å². The molecule has 0 bridgehead atoms. The summed E-state index contributed by atoms with van der Waals surface area (Å²) in [7, 11) is 1.84. The Morgan fingerprint density at radius 2 is 1.79 bits per heavy atom. The predicted octanol–water partition coefficient (Wildman–Crippen LogP) is 4.59. The molecule has 13 heteroatoms. The van der Waals surface area contributed by atoms with Gasteiger partial charge in [0, 0.05) is 37.3 Å². The van der Waals surface area contributed by atoms with E-state index >= 15 is 0 Å². The Bertz CT molecular complexity index is 1540. The number of ether oxygens (including phenoxy) is 2. The van der Waals surface area contributed by atoms with Gasteiger partial charge >= 0.3 is 12.1 Å². The van der Waals surface area contributed by atoms with Gasteiger partial charge in [0.2, 0.25) is 5.91 Å². The first-order valence-corrected chi connectivity index (χ1v) is 15.4. The second-order valence-electron chi connectivity index (χ2n) is 12.0. The number of alkyl halides is 3. The number of nitrogens with zero attached hydrogens (tertiary/aromatic N) is 2. The average Bonchev–Trinajstić information content (AvgIpc) is 3.54. The zero-order chi connectivity index (χ0) is 33.7. The summed E-state index contributed by atoms with van der Waals surface area (Å²) in [6.45, 7) is 0.429. The number of carbonyl (C=O) groups is 2. The minimum atomic E-state index is -5.07. The second kappa shape index (κ2) is 14.8. The number of hydrogen-bond donors (Lipinski definition) is 4. The number of halogens is 3. The lowest BCUT2D eigenvalue weighted by Gasteiger charge is -2.38. The summed E-state index contributed by atoms with van der Waals surface area (Å²) in [5.74, 6) is -2.69. The number of phenolic OH excluding ortho intramolecular Hbond substituents is 1. The van der Waals surface area contributed by atoms with E-state index in [-0.39, 0.29) is 44.4 Å². The summed E-state index contributed by atoms with van der Waals surface area (Å²) in [5, 5.41) is 32.7. The minimum absolute atomic E-state index is 0.0589. The third kappa shape index (κ3) is 8.67. The van der Waals surface area contributed by atoms with Crippen LogP contribution in [0.1, 0.15) is 60.0 Å². The Balaban J connectivity index is 1.31. The highest BCUT2D eigenvalue weighted by Crippen LogP contribution is 2.39. The van der Waals surface area contributed by atoms with Gasteiger partial charge in [0.05, 0.1) is 24.9 Å². The van der Waals surface area contributed by atoms with Crippen molar-refractivity contribution in [2.75, 3.05) is 32.0 Å². The van der Waals surface area contributed by atoms with Gasteiger partial charge in [-0.2, -0.15) is 13.2 Å². The highest BCUT2D eigenvalue weighted by atomic mass is 19.4. The van der Waals surface area contributed by atoms with Gasteiger partial charge in [-0.1, -0.05) is 48.5 Å². The molecule has 2 saturated heterocycles. The summed E-state index contributed by atoms with van der Waals surface area (Å²) in [6, 6.07) is 19.2. The van der Waals surface area contributed by atoms with Gasteiger partial charge in [0.15, 0.2) is 6.29 Å². The molecule has 47 heavy (non-hydrogen) atoms. The third-order valence-corrected chi connectivity index (χ3v) is 8.36. The second-order valence-corrected chi connectivity index (χ2v) is 12.0. The lowest BCUT2D eigenvalue weighted by Crippen LogP contribution is -2.48. The Hall–Kier alpha value is -4.01. The maximum atomic E-state index is 13.1. The molecule has 5 rings (SSSR count). The van der Waals surface area contributed by atoms with Crippen LogP contribution in [0, 0.1) is 0 Å². The fraction of sp³-hybridized carbons (Fsp3) is 0.412. The molecule has 0 aromatic heterocycles. The van der Waals surface area contributed by atoms with Crippen LogP contribution in [0.15, 0.2) is 72.8 Å². The van der Waals surface area contributed by atoms with Crippen LogP contribution in [0.4, 0.5) is 18.9 Å². The molecule has 2 aliphatic rings. The Morgan fingerprint density at radius 3 is 2.49 bits per heavy atom. The van der Waals surface area contributed by atoms with E-state index in [1.807, 2.05) is 36.2 Å². The molecule has 2 amide bonds. The van der Waals surface area contributed by atoms with Crippen molar-refractivity contribution >= 4 is 17.5 Å². The van der Waals surface area contributed by atoms with Crippen LogP contribution >= 0.6 is 0 Å². The first-order chi connectivity index (χ1) is 22.4. The first-order valence-electron chi connectivity index (χ1n) is 15.4. The number of anilines is 1. The molecule has 2 aliphatic heterocycles. The summed E-state index contributed by atoms with van der Waals surface area (Å²) in [4.78, 5) is 27.4. The van der Waals surface area contributed by atoms with Crippen molar-refractivity contribution in [3.05, 3.63) is 95.1 Å². The zero-order valence-electron chi connectivity index (χ0n) is 25.8. The summed E-state index contributed by atoms with van der Waals surface area (Å²) < 4.78 is 52.0. The van der Waals surface area contributed by atoms with E-state index in [2.05, 4.69) is 5.32 Å². The molecule has 2 heterocycles. The quantitative estimate of drug-likeness (QED) is 0.249. The molecule has 10 nitrogen and oxygen atoms in total. The Morgan fingerprint density at radius 1 is 1.04 bits per heavy atom. The number of likely N-dealkylation sites (tertiary alicyclic amines) is 1. The average molecular weight is 658 g/mol. The number of amides is 2. The number of aliphatic hydroxyl groups excluding tert-OH is 2. The van der Waals surface area contributed by atoms with Gasteiger partial charge in [-0.05, 0) is 60.8 Å². The highest BCUT2D eigenvalue weighted by molar-refractivity contribution is 5.98. The number of benzene rings is 3. The Labute approximate surface area is 270 Å². The van der Waals surface area contributed by atoms with Crippen molar-refractivity contribution in [2.24, 2.45) is 0 Å². The lowest BCUT2D eigenvalue weighted by molar-refractivity contribution is -0.252. The summed E-state index contributed by atoms with van der Waals surface area (Å²) >= 11 is 0. The van der Waals surface area contributed by atoms with Crippen LogP contribution in [-0.4, -0.2) is 81.9 Å². The van der Waals surface area contributed by atoms with Gasteiger partial charge in [0.1, 0.15) is 11.8 Å². The number of hydrogen-bond acceptors (Lipinski definition) is 8. The van der Waals surface area contributed by atoms with Gasteiger partial charge in [0.25, 0.3) is 0 Å². The van der Waals surface area contributed by atoms with Crippen molar-refractivity contribution < 1.29 is 47.6 Å². The van der Waals surface area contributed by atoms with E-state index in [0.29, 0.717) is 34.7 Å². The van der Waals surface area contributed by atoms with E-state index in [9.17, 15) is 38.1 Å². The van der Waals surface area contributed by atoms with Crippen LogP contribution in [-0.2, 0) is 25.7 Å². The van der Waals surface area contributed by atoms with Crippen LogP contribution in [0.5, 0.6) is 5.75 Å². The highest BCUT2D eigenvalue weighted by Gasteiger charge is 2.47. The van der Waals surface area contributed by atoms with Crippen LogP contribution < -0.4 is 5.32 Å². The van der Waals surface area contributed by atoms with Crippen molar-refractivity contribution in [2.45, 2.75) is 62.7 Å². The molecule has 4 N–H and O–H groups in total. The number of nitrogens with one attached hydrogen (secondary N) is 1. The molecule has 3 aromatic rings. The lowest BCUT2D eigenvalue weighted by atomic mass is 9.99. The van der Waals surface area contributed by atoms with Crippen molar-refractivity contribution in [1.29, 1.82) is 0 Å². The smallest absolute Gasteiger partial charge is 0.471 e. The van der Waals surface area contributed by atoms with E-state index < -0.39 is 42.5 Å². The molecule has 2 fully saturated rings. The topological polar surface area (TPSA) is 132 Å². The third-order valence-electron chi connectivity index (χ3n) is 8.36. The summed E-state index contributed by atoms with van der Waals surface area (Å²) in [5.41, 5.74) is 3.05. The zero-order valence-corrected chi connectivity index (χ0v) is 25.8. The summed E-state index contributed by atoms with van der Waals surface area (Å²) in [6.07, 6.45) is -6.70. The maximum absolute atomic E-state index is 13.1. The number of likely N-dealkylation sites (N-methyl/N-ethyl adjacent to an activating group) is 1. The minimum Gasteiger partial charge on any atom is -0.508 e. The number of rotatable bonds is 10. The molecular formula is C34H38F3N3O7. The number of aliphatic hydroxyl groups is 2. The van der Waals surface area contributed by atoms with Gasteiger partial charge in [-0.3, -0.25) is 9.59 Å². The number of aromatic hydroxyl groups is 1. The molecule has 5 unspecified atom stereocenters. The van der Waals surface area contributed by atoms with Crippen LogP contribution in [0.25, 0.3) is 0 Å². The molecular weight excluding hydrogens is 619 g/mol. The van der Waals surface area contributed by atoms with Crippen molar-refractivity contribution in [3.63, 3.8) is 0 Å². The van der Waals surface area contributed by atoms with Crippen LogP contribution in [0.3, 0.4) is 0 Å². The number of carbonyl (C=O) groups excluding carboxylic acids is 2. The fourth-order valence-corrected chi connectivity index (χ4v) is 6.02. The molecule has 5 atom stereocenters. The van der Waals surface area contributed by atoms with Gasteiger partial charge in [-0.25, -0.2) is 0 Å². The van der Waals surface area contributed by atoms with Gasteiger partial charge < -0.3 is 39.9 Å². The SMILES string of the molecule is CN(CC1CC(c2ccc(CO)cc2)OC(c2cccc(NC(=O)C3CCCN3C(=O)C(F)(F)F)c2)O1)CC(O)c1cccc(O)c1. The fourth-order valence-electron chi connectivity index (χ4n) is 6.02. The van der Waals surface area contributed by atoms with Crippen LogP contribution in [0.2, 0.25) is 0 Å². The molecule has 0 saturated carbocycles. The molecule has 0 aliphatic carbocycles. The van der Waals surface area contributed by atoms with Gasteiger partial charge in [-0.15, -0.1) is 0 Å². The van der Waals surface area contributed by atoms with E-state index in [1.54, 1.807) is 36.4 Å². The first kappa shape index (κ1) is 34.3. The van der Waals surface area contributed by atoms with Crippen molar-refractivity contribution in [1.82, 2.24) is 9.80 Å². The predicted molar refractivity (Wildman–Crippen MR) is 165 cm³/mol. The monoisotopic (exact) mass is 657 g/mol. The normalized spacial score (nSPS) is 22.3. The maximum Gasteiger partial charge on any atom is 0.471 e.